The molecule has 4 aromatic rings. The number of piperidine rings is 1. The Bertz CT molecular complexity index is 1140. The zero-order valence-corrected chi connectivity index (χ0v) is 17.7. The quantitative estimate of drug-likeness (QED) is 0.493. The van der Waals surface area contributed by atoms with Crippen molar-refractivity contribution in [1.82, 2.24) is 19.3 Å². The summed E-state index contributed by atoms with van der Waals surface area (Å²) in [6.07, 6.45) is 9.58. The van der Waals surface area contributed by atoms with E-state index in [1.807, 2.05) is 12.4 Å². The van der Waals surface area contributed by atoms with E-state index in [9.17, 15) is 0 Å². The number of aromatic amines is 1. The molecule has 1 aliphatic heterocycles. The van der Waals surface area contributed by atoms with Crippen LogP contribution in [0.2, 0.25) is 0 Å². The molecule has 1 aliphatic rings. The molecule has 0 spiro atoms. The van der Waals surface area contributed by atoms with Gasteiger partial charge in [-0.3, -0.25) is 0 Å². The molecular formula is C25H30N4. The van der Waals surface area contributed by atoms with E-state index in [4.69, 9.17) is 0 Å². The topological polar surface area (TPSA) is 36.3 Å². The van der Waals surface area contributed by atoms with Gasteiger partial charge in [0.2, 0.25) is 0 Å². The van der Waals surface area contributed by atoms with E-state index >= 15 is 0 Å². The highest BCUT2D eigenvalue weighted by atomic mass is 15.1. The van der Waals surface area contributed by atoms with Crippen LogP contribution in [-0.4, -0.2) is 38.4 Å². The second-order valence-electron chi connectivity index (χ2n) is 8.65. The van der Waals surface area contributed by atoms with E-state index in [2.05, 4.69) is 76.6 Å². The number of benzene rings is 1. The molecule has 4 heterocycles. The van der Waals surface area contributed by atoms with E-state index in [1.54, 1.807) is 0 Å². The molecule has 4 nitrogen and oxygen atoms in total. The minimum atomic E-state index is 0.658. The molecule has 5 rings (SSSR count). The van der Waals surface area contributed by atoms with Crippen LogP contribution in [0.4, 0.5) is 0 Å². The number of hydrogen-bond acceptors (Lipinski definition) is 2. The number of fused-ring (bicyclic) bond motifs is 2. The molecule has 3 aromatic heterocycles. The van der Waals surface area contributed by atoms with E-state index in [-0.39, 0.29) is 0 Å². The zero-order valence-electron chi connectivity index (χ0n) is 17.7. The molecule has 0 saturated carbocycles. The molecule has 1 saturated heterocycles. The van der Waals surface area contributed by atoms with Crippen molar-refractivity contribution in [3.8, 4) is 11.3 Å². The van der Waals surface area contributed by atoms with Gasteiger partial charge in [-0.2, -0.15) is 0 Å². The fraction of sp³-hybridized carbons (Fsp3) is 0.400. The van der Waals surface area contributed by atoms with Gasteiger partial charge in [0.1, 0.15) is 5.65 Å². The summed E-state index contributed by atoms with van der Waals surface area (Å²) in [6, 6.07) is 12.0. The minimum absolute atomic E-state index is 0.658. The number of aromatic nitrogens is 3. The van der Waals surface area contributed by atoms with Crippen LogP contribution in [0.15, 0.2) is 48.9 Å². The molecule has 4 heteroatoms. The molecule has 0 aliphatic carbocycles. The van der Waals surface area contributed by atoms with Gasteiger partial charge in [0, 0.05) is 41.1 Å². The minimum Gasteiger partial charge on any atom is -0.354 e. The lowest BCUT2D eigenvalue weighted by atomic mass is 9.88. The highest BCUT2D eigenvalue weighted by Gasteiger charge is 2.23. The third-order valence-electron chi connectivity index (χ3n) is 6.69. The molecule has 0 amide bonds. The second kappa shape index (κ2) is 7.34. The predicted molar refractivity (Wildman–Crippen MR) is 121 cm³/mol. The summed E-state index contributed by atoms with van der Waals surface area (Å²) in [4.78, 5) is 10.7. The highest BCUT2D eigenvalue weighted by molar-refractivity contribution is 5.91. The highest BCUT2D eigenvalue weighted by Crippen LogP contribution is 2.35. The smallest absolute Gasteiger partial charge is 0.136 e. The monoisotopic (exact) mass is 386 g/mol. The molecule has 1 fully saturated rings. The van der Waals surface area contributed by atoms with Crippen molar-refractivity contribution in [1.29, 1.82) is 0 Å². The summed E-state index contributed by atoms with van der Waals surface area (Å²) in [7, 11) is 0. The molecule has 150 valence electrons. The van der Waals surface area contributed by atoms with Crippen molar-refractivity contribution in [3.63, 3.8) is 0 Å². The number of H-pyrrole nitrogens is 1. The maximum atomic E-state index is 4.37. The largest absolute Gasteiger partial charge is 0.354 e. The first-order chi connectivity index (χ1) is 14.1. The maximum absolute atomic E-state index is 4.37. The van der Waals surface area contributed by atoms with Gasteiger partial charge >= 0.3 is 0 Å². The summed E-state index contributed by atoms with van der Waals surface area (Å²) in [5.74, 6) is 0.680. The molecule has 29 heavy (non-hydrogen) atoms. The van der Waals surface area contributed by atoms with Crippen molar-refractivity contribution in [3.05, 3.63) is 60.0 Å². The number of nitrogens with zero attached hydrogens (tertiary/aromatic N) is 3. The van der Waals surface area contributed by atoms with Gasteiger partial charge in [-0.05, 0) is 87.5 Å². The van der Waals surface area contributed by atoms with Gasteiger partial charge < -0.3 is 14.3 Å². The lowest BCUT2D eigenvalue weighted by Crippen LogP contribution is -2.37. The van der Waals surface area contributed by atoms with Gasteiger partial charge in [-0.25, -0.2) is 4.98 Å². The lowest BCUT2D eigenvalue weighted by Gasteiger charge is -2.34. The van der Waals surface area contributed by atoms with E-state index in [0.717, 1.165) is 12.1 Å². The number of nitrogens with one attached hydrogen (secondary N) is 1. The van der Waals surface area contributed by atoms with Gasteiger partial charge in [-0.1, -0.05) is 13.0 Å². The average Bonchev–Trinajstić information content (AvgIpc) is 3.36. The van der Waals surface area contributed by atoms with Crippen molar-refractivity contribution in [2.75, 3.05) is 13.1 Å². The summed E-state index contributed by atoms with van der Waals surface area (Å²) in [6.45, 7) is 9.30. The average molecular weight is 387 g/mol. The van der Waals surface area contributed by atoms with Crippen LogP contribution in [0.25, 0.3) is 27.8 Å². The maximum Gasteiger partial charge on any atom is 0.136 e. The number of imidazole rings is 1. The van der Waals surface area contributed by atoms with Crippen molar-refractivity contribution in [2.24, 2.45) is 0 Å². The van der Waals surface area contributed by atoms with Crippen LogP contribution >= 0.6 is 0 Å². The summed E-state index contributed by atoms with van der Waals surface area (Å²) >= 11 is 0. The Morgan fingerprint density at radius 2 is 1.97 bits per heavy atom. The van der Waals surface area contributed by atoms with Crippen LogP contribution in [0.3, 0.4) is 0 Å². The molecule has 0 atom stereocenters. The van der Waals surface area contributed by atoms with E-state index < -0.39 is 0 Å². The molecule has 0 bridgehead atoms. The standard InChI is InChI=1S/C25H30N4/c1-4-21-22-15-19(18-9-12-28(13-10-18)17(2)3)5-7-23(22)27-25(21)20-6-8-24-26-11-14-29(24)16-20/h5-8,11,14-18,27H,4,9-10,12-13H2,1-3H3. The third kappa shape index (κ3) is 3.25. The third-order valence-corrected chi connectivity index (χ3v) is 6.69. The first-order valence-electron chi connectivity index (χ1n) is 11.0. The fourth-order valence-electron chi connectivity index (χ4n) is 4.95. The second-order valence-corrected chi connectivity index (χ2v) is 8.65. The van der Waals surface area contributed by atoms with Crippen LogP contribution in [0.1, 0.15) is 50.7 Å². The SMILES string of the molecule is CCc1c(-c2ccc3nccn3c2)[nH]c2ccc(C3CCN(C(C)C)CC3)cc12. The van der Waals surface area contributed by atoms with Gasteiger partial charge in [0.05, 0.1) is 5.69 Å². The summed E-state index contributed by atoms with van der Waals surface area (Å²) < 4.78 is 2.09. The number of pyridine rings is 1. The Morgan fingerprint density at radius 3 is 2.72 bits per heavy atom. The first-order valence-corrected chi connectivity index (χ1v) is 11.0. The zero-order chi connectivity index (χ0) is 20.0. The fourth-order valence-corrected chi connectivity index (χ4v) is 4.95. The van der Waals surface area contributed by atoms with Crippen molar-refractivity contribution >= 4 is 16.6 Å². The van der Waals surface area contributed by atoms with E-state index in [0.29, 0.717) is 12.0 Å². The molecule has 1 N–H and O–H groups in total. The summed E-state index contributed by atoms with van der Waals surface area (Å²) in [5, 5.41) is 1.39. The molecular weight excluding hydrogens is 356 g/mol. The van der Waals surface area contributed by atoms with Crippen molar-refractivity contribution < 1.29 is 0 Å². The summed E-state index contributed by atoms with van der Waals surface area (Å²) in [5.41, 5.74) is 7.61. The number of likely N-dealkylation sites (tertiary alicyclic amines) is 1. The van der Waals surface area contributed by atoms with Gasteiger partial charge in [0.25, 0.3) is 0 Å². The van der Waals surface area contributed by atoms with Crippen LogP contribution < -0.4 is 0 Å². The number of rotatable bonds is 4. The van der Waals surface area contributed by atoms with Crippen molar-refractivity contribution in [2.45, 2.75) is 52.0 Å². The van der Waals surface area contributed by atoms with Crippen LogP contribution in [-0.2, 0) is 6.42 Å². The first kappa shape index (κ1) is 18.4. The predicted octanol–water partition coefficient (Wildman–Crippen LogP) is 5.63. The lowest BCUT2D eigenvalue weighted by molar-refractivity contribution is 0.172. The number of aryl methyl sites for hydroxylation is 1. The molecule has 1 aromatic carbocycles. The molecule has 0 radical (unpaired) electrons. The number of hydrogen-bond donors (Lipinski definition) is 1. The Kier molecular flexibility index (Phi) is 4.67. The Balaban J connectivity index is 1.51. The Morgan fingerprint density at radius 1 is 1.14 bits per heavy atom. The normalized spacial score (nSPS) is 16.4. The van der Waals surface area contributed by atoms with Gasteiger partial charge in [-0.15, -0.1) is 0 Å². The van der Waals surface area contributed by atoms with Crippen LogP contribution in [0, 0.1) is 0 Å². The van der Waals surface area contributed by atoms with Crippen LogP contribution in [0.5, 0.6) is 0 Å². The Labute approximate surface area is 172 Å². The Hall–Kier alpha value is -2.59. The molecule has 0 unspecified atom stereocenters. The van der Waals surface area contributed by atoms with E-state index in [1.165, 1.54) is 59.2 Å². The van der Waals surface area contributed by atoms with Gasteiger partial charge in [0.15, 0.2) is 0 Å².